The van der Waals surface area contributed by atoms with Crippen molar-refractivity contribution < 1.29 is 27.6 Å². The fourth-order valence-corrected chi connectivity index (χ4v) is 1.07. The average molecular weight is 252 g/mol. The minimum atomic E-state index is -4.91. The second-order valence-electron chi connectivity index (χ2n) is 3.71. The van der Waals surface area contributed by atoms with Gasteiger partial charge in [-0.15, -0.1) is 0 Å². The summed E-state index contributed by atoms with van der Waals surface area (Å²) in [5.41, 5.74) is -2.81. The Balaban J connectivity index is 2.79. The van der Waals surface area contributed by atoms with Gasteiger partial charge in [-0.05, 0) is 13.8 Å². The molecule has 1 atom stereocenters. The highest BCUT2D eigenvalue weighted by Gasteiger charge is 2.57. The van der Waals surface area contributed by atoms with E-state index in [1.807, 2.05) is 5.32 Å². The summed E-state index contributed by atoms with van der Waals surface area (Å²) < 4.78 is 42.4. The van der Waals surface area contributed by atoms with Crippen molar-refractivity contribution in [3.63, 3.8) is 0 Å². The molecule has 0 aliphatic rings. The van der Waals surface area contributed by atoms with E-state index in [0.717, 1.165) is 0 Å². The first-order valence-corrected chi connectivity index (χ1v) is 4.64. The van der Waals surface area contributed by atoms with Crippen LogP contribution in [0.2, 0.25) is 0 Å². The van der Waals surface area contributed by atoms with Crippen molar-refractivity contribution in [1.29, 1.82) is 0 Å². The summed E-state index contributed by atoms with van der Waals surface area (Å²) in [6.07, 6.45) is -4.91. The molecule has 0 fully saturated rings. The zero-order valence-electron chi connectivity index (χ0n) is 9.13. The Morgan fingerprint density at radius 1 is 1.59 bits per heavy atom. The van der Waals surface area contributed by atoms with E-state index in [2.05, 4.69) is 9.68 Å². The smallest absolute Gasteiger partial charge is 0.417 e. The number of hydrogen-bond donors (Lipinski definition) is 2. The Hall–Kier alpha value is -1.57. The number of nitrogens with zero attached hydrogens (tertiary/aromatic N) is 1. The largest absolute Gasteiger partial charge is 0.480 e. The van der Waals surface area contributed by atoms with Crippen LogP contribution in [-0.4, -0.2) is 27.9 Å². The van der Waals surface area contributed by atoms with Crippen molar-refractivity contribution in [3.8, 4) is 0 Å². The van der Waals surface area contributed by atoms with Crippen LogP contribution in [0.15, 0.2) is 10.6 Å². The minimum Gasteiger partial charge on any atom is -0.480 e. The van der Waals surface area contributed by atoms with Crippen LogP contribution in [0.1, 0.15) is 18.4 Å². The number of hydrogen-bond acceptors (Lipinski definition) is 4. The standard InChI is InChI=1S/C9H11F3N2O3/c1-5-3-6(14-17-5)4-13-8(2,7(15)16)9(10,11)12/h3,13H,4H2,1-2H3,(H,15,16). The Bertz CT molecular complexity index is 416. The summed E-state index contributed by atoms with van der Waals surface area (Å²) in [6, 6.07) is 1.42. The van der Waals surface area contributed by atoms with Gasteiger partial charge in [0.2, 0.25) is 5.54 Å². The molecule has 0 saturated carbocycles. The highest BCUT2D eigenvalue weighted by atomic mass is 19.4. The van der Waals surface area contributed by atoms with Crippen LogP contribution in [0.25, 0.3) is 0 Å². The first kappa shape index (κ1) is 13.5. The van der Waals surface area contributed by atoms with E-state index in [9.17, 15) is 18.0 Å². The first-order chi connectivity index (χ1) is 7.67. The van der Waals surface area contributed by atoms with E-state index in [4.69, 9.17) is 5.11 Å². The molecule has 0 saturated heterocycles. The predicted molar refractivity (Wildman–Crippen MR) is 50.2 cm³/mol. The number of alkyl halides is 3. The van der Waals surface area contributed by atoms with Crippen molar-refractivity contribution in [2.75, 3.05) is 0 Å². The molecule has 0 radical (unpaired) electrons. The summed E-state index contributed by atoms with van der Waals surface area (Å²) >= 11 is 0. The summed E-state index contributed by atoms with van der Waals surface area (Å²) in [7, 11) is 0. The lowest BCUT2D eigenvalue weighted by molar-refractivity contribution is -0.206. The molecule has 2 N–H and O–H groups in total. The van der Waals surface area contributed by atoms with Gasteiger partial charge in [-0.25, -0.2) is 4.79 Å². The average Bonchev–Trinajstić information content (AvgIpc) is 2.58. The van der Waals surface area contributed by atoms with Gasteiger partial charge in [0.1, 0.15) is 5.76 Å². The Morgan fingerprint density at radius 2 is 2.18 bits per heavy atom. The number of aryl methyl sites for hydroxylation is 1. The molecule has 96 valence electrons. The van der Waals surface area contributed by atoms with Gasteiger partial charge in [0, 0.05) is 12.6 Å². The molecular weight excluding hydrogens is 241 g/mol. The molecule has 17 heavy (non-hydrogen) atoms. The number of carboxylic acids is 1. The molecule has 8 heteroatoms. The van der Waals surface area contributed by atoms with Gasteiger partial charge in [0.15, 0.2) is 0 Å². The van der Waals surface area contributed by atoms with E-state index < -0.39 is 17.7 Å². The van der Waals surface area contributed by atoms with Gasteiger partial charge in [0.05, 0.1) is 5.69 Å². The molecule has 0 spiro atoms. The normalized spacial score (nSPS) is 15.6. The first-order valence-electron chi connectivity index (χ1n) is 4.64. The van der Waals surface area contributed by atoms with Crippen molar-refractivity contribution in [2.24, 2.45) is 0 Å². The van der Waals surface area contributed by atoms with Crippen molar-refractivity contribution in [3.05, 3.63) is 17.5 Å². The number of nitrogens with one attached hydrogen (secondary N) is 1. The van der Waals surface area contributed by atoms with Gasteiger partial charge in [-0.3, -0.25) is 5.32 Å². The van der Waals surface area contributed by atoms with E-state index in [-0.39, 0.29) is 12.2 Å². The molecule has 0 aliphatic heterocycles. The number of carbonyl (C=O) groups is 1. The Kier molecular flexibility index (Phi) is 3.46. The summed E-state index contributed by atoms with van der Waals surface area (Å²) in [5, 5.41) is 14.0. The maximum absolute atomic E-state index is 12.6. The molecule has 0 aliphatic carbocycles. The SMILES string of the molecule is Cc1cc(CNC(C)(C(=O)O)C(F)(F)F)no1. The van der Waals surface area contributed by atoms with E-state index >= 15 is 0 Å². The van der Waals surface area contributed by atoms with Gasteiger partial charge >= 0.3 is 12.1 Å². The summed E-state index contributed by atoms with van der Waals surface area (Å²) in [4.78, 5) is 10.7. The highest BCUT2D eigenvalue weighted by Crippen LogP contribution is 2.30. The van der Waals surface area contributed by atoms with Gasteiger partial charge < -0.3 is 9.63 Å². The van der Waals surface area contributed by atoms with E-state index in [0.29, 0.717) is 12.7 Å². The maximum Gasteiger partial charge on any atom is 0.417 e. The van der Waals surface area contributed by atoms with Crippen molar-refractivity contribution >= 4 is 5.97 Å². The topological polar surface area (TPSA) is 75.4 Å². The third kappa shape index (κ3) is 2.76. The lowest BCUT2D eigenvalue weighted by atomic mass is 10.0. The molecule has 1 unspecified atom stereocenters. The van der Waals surface area contributed by atoms with Crippen LogP contribution in [0, 0.1) is 6.92 Å². The zero-order chi connectivity index (χ0) is 13.3. The number of carboxylic acid groups (broad SMARTS) is 1. The molecule has 0 aromatic carbocycles. The number of aromatic nitrogens is 1. The van der Waals surface area contributed by atoms with Crippen LogP contribution in [0.3, 0.4) is 0 Å². The Morgan fingerprint density at radius 3 is 2.53 bits per heavy atom. The Labute approximate surface area is 94.6 Å². The number of halogens is 3. The predicted octanol–water partition coefficient (Wildman–Crippen LogP) is 1.48. The zero-order valence-corrected chi connectivity index (χ0v) is 9.13. The van der Waals surface area contributed by atoms with Crippen LogP contribution in [0.5, 0.6) is 0 Å². The maximum atomic E-state index is 12.6. The lowest BCUT2D eigenvalue weighted by Gasteiger charge is -2.28. The number of rotatable bonds is 4. The van der Waals surface area contributed by atoms with E-state index in [1.165, 1.54) is 6.07 Å². The van der Waals surface area contributed by atoms with Crippen LogP contribution in [-0.2, 0) is 11.3 Å². The van der Waals surface area contributed by atoms with Crippen molar-refractivity contribution in [2.45, 2.75) is 32.1 Å². The molecule has 0 amide bonds. The fraction of sp³-hybridized carbons (Fsp3) is 0.556. The molecule has 0 bridgehead atoms. The molecule has 1 heterocycles. The highest BCUT2D eigenvalue weighted by molar-refractivity contribution is 5.79. The minimum absolute atomic E-state index is 0.208. The number of aliphatic carboxylic acids is 1. The second kappa shape index (κ2) is 4.36. The molecule has 1 aromatic rings. The van der Waals surface area contributed by atoms with Gasteiger partial charge in [-0.1, -0.05) is 5.16 Å². The third-order valence-electron chi connectivity index (χ3n) is 2.29. The fourth-order valence-electron chi connectivity index (χ4n) is 1.07. The van der Waals surface area contributed by atoms with Crippen LogP contribution < -0.4 is 5.32 Å². The summed E-state index contributed by atoms with van der Waals surface area (Å²) in [6.45, 7) is 1.79. The molecule has 1 aromatic heterocycles. The second-order valence-corrected chi connectivity index (χ2v) is 3.71. The quantitative estimate of drug-likeness (QED) is 0.848. The molecule has 1 rings (SSSR count). The monoisotopic (exact) mass is 252 g/mol. The van der Waals surface area contributed by atoms with Gasteiger partial charge in [-0.2, -0.15) is 13.2 Å². The van der Waals surface area contributed by atoms with Crippen molar-refractivity contribution in [1.82, 2.24) is 10.5 Å². The third-order valence-corrected chi connectivity index (χ3v) is 2.29. The lowest BCUT2D eigenvalue weighted by Crippen LogP contribution is -2.59. The summed E-state index contributed by atoms with van der Waals surface area (Å²) in [5.74, 6) is -1.56. The molecular formula is C9H11F3N2O3. The molecule has 5 nitrogen and oxygen atoms in total. The van der Waals surface area contributed by atoms with Crippen LogP contribution in [0.4, 0.5) is 13.2 Å². The van der Waals surface area contributed by atoms with Crippen LogP contribution >= 0.6 is 0 Å². The van der Waals surface area contributed by atoms with Gasteiger partial charge in [0.25, 0.3) is 0 Å². The van der Waals surface area contributed by atoms with E-state index in [1.54, 1.807) is 6.92 Å².